The molecule has 1 aliphatic rings. The number of nitrogens with zero attached hydrogens (tertiary/aromatic N) is 1. The summed E-state index contributed by atoms with van der Waals surface area (Å²) >= 11 is 0. The van der Waals surface area contributed by atoms with Gasteiger partial charge in [-0.25, -0.2) is 4.98 Å². The smallest absolute Gasteiger partial charge is 0.254 e. The fourth-order valence-corrected chi connectivity index (χ4v) is 2.00. The van der Waals surface area contributed by atoms with Crippen LogP contribution < -0.4 is 10.3 Å². The molecule has 1 heterocycles. The number of ether oxygens (including phenoxy) is 1. The summed E-state index contributed by atoms with van der Waals surface area (Å²) in [6.07, 6.45) is 2.69. The summed E-state index contributed by atoms with van der Waals surface area (Å²) in [4.78, 5) is 18.8. The first-order valence-electron chi connectivity index (χ1n) is 6.48. The van der Waals surface area contributed by atoms with Gasteiger partial charge in [-0.05, 0) is 51.0 Å². The largest absolute Gasteiger partial charge is 0.490 e. The molecule has 0 unspecified atom stereocenters. The highest BCUT2D eigenvalue weighted by molar-refractivity contribution is 5.63. The average molecular weight is 256 g/mol. The van der Waals surface area contributed by atoms with Crippen LogP contribution >= 0.6 is 0 Å². The van der Waals surface area contributed by atoms with Crippen molar-refractivity contribution in [3.63, 3.8) is 0 Å². The van der Waals surface area contributed by atoms with Crippen molar-refractivity contribution >= 4 is 0 Å². The first-order chi connectivity index (χ1) is 9.13. The van der Waals surface area contributed by atoms with Crippen molar-refractivity contribution in [1.29, 1.82) is 0 Å². The van der Waals surface area contributed by atoms with E-state index in [0.717, 1.165) is 29.8 Å². The Labute approximate surface area is 111 Å². The van der Waals surface area contributed by atoms with Crippen molar-refractivity contribution in [1.82, 2.24) is 9.97 Å². The Morgan fingerprint density at radius 2 is 1.89 bits per heavy atom. The number of aromatic amines is 1. The molecule has 1 N–H and O–H groups in total. The SMILES string of the molecule is Cc1nc(-c2ccc(OC3CC3)cc2)c(C)c(=O)[nH]1. The Morgan fingerprint density at radius 1 is 1.21 bits per heavy atom. The van der Waals surface area contributed by atoms with Gasteiger partial charge in [-0.1, -0.05) is 0 Å². The molecule has 2 aromatic rings. The maximum Gasteiger partial charge on any atom is 0.254 e. The van der Waals surface area contributed by atoms with Crippen LogP contribution in [0.5, 0.6) is 5.75 Å². The Kier molecular flexibility index (Phi) is 2.85. The van der Waals surface area contributed by atoms with Gasteiger partial charge in [0, 0.05) is 11.1 Å². The van der Waals surface area contributed by atoms with Gasteiger partial charge in [0.05, 0.1) is 11.8 Å². The van der Waals surface area contributed by atoms with E-state index in [1.807, 2.05) is 24.3 Å². The van der Waals surface area contributed by atoms with Gasteiger partial charge >= 0.3 is 0 Å². The third kappa shape index (κ3) is 2.52. The van der Waals surface area contributed by atoms with E-state index in [4.69, 9.17) is 4.74 Å². The van der Waals surface area contributed by atoms with Crippen LogP contribution in [-0.4, -0.2) is 16.1 Å². The third-order valence-corrected chi connectivity index (χ3v) is 3.22. The molecule has 19 heavy (non-hydrogen) atoms. The quantitative estimate of drug-likeness (QED) is 0.918. The zero-order valence-electron chi connectivity index (χ0n) is 11.1. The van der Waals surface area contributed by atoms with E-state index in [0.29, 0.717) is 17.5 Å². The number of aromatic nitrogens is 2. The molecule has 0 saturated heterocycles. The second-order valence-electron chi connectivity index (χ2n) is 4.97. The van der Waals surface area contributed by atoms with Gasteiger partial charge < -0.3 is 9.72 Å². The van der Waals surface area contributed by atoms with E-state index in [1.54, 1.807) is 13.8 Å². The van der Waals surface area contributed by atoms with Crippen molar-refractivity contribution in [2.24, 2.45) is 0 Å². The molecule has 4 heteroatoms. The summed E-state index contributed by atoms with van der Waals surface area (Å²) in [5, 5.41) is 0. The molecule has 3 rings (SSSR count). The van der Waals surface area contributed by atoms with Crippen molar-refractivity contribution < 1.29 is 4.74 Å². The molecule has 1 aliphatic carbocycles. The molecule has 0 bridgehead atoms. The summed E-state index contributed by atoms with van der Waals surface area (Å²) in [7, 11) is 0. The van der Waals surface area contributed by atoms with Crippen LogP contribution in [0.25, 0.3) is 11.3 Å². The Hall–Kier alpha value is -2.10. The lowest BCUT2D eigenvalue weighted by molar-refractivity contribution is 0.303. The lowest BCUT2D eigenvalue weighted by atomic mass is 10.1. The molecule has 4 nitrogen and oxygen atoms in total. The maximum absolute atomic E-state index is 11.7. The van der Waals surface area contributed by atoms with Crippen LogP contribution in [0.1, 0.15) is 24.2 Å². The van der Waals surface area contributed by atoms with Gasteiger partial charge in [0.1, 0.15) is 11.6 Å². The van der Waals surface area contributed by atoms with Gasteiger partial charge in [0.25, 0.3) is 5.56 Å². The van der Waals surface area contributed by atoms with Gasteiger partial charge in [0.15, 0.2) is 0 Å². The van der Waals surface area contributed by atoms with E-state index >= 15 is 0 Å². The van der Waals surface area contributed by atoms with E-state index in [1.165, 1.54) is 0 Å². The molecule has 1 aromatic carbocycles. The Morgan fingerprint density at radius 3 is 2.53 bits per heavy atom. The number of H-pyrrole nitrogens is 1. The minimum atomic E-state index is -0.0826. The van der Waals surface area contributed by atoms with E-state index in [9.17, 15) is 4.79 Å². The van der Waals surface area contributed by atoms with Crippen LogP contribution in [0.3, 0.4) is 0 Å². The summed E-state index contributed by atoms with van der Waals surface area (Å²) < 4.78 is 5.71. The molecular weight excluding hydrogens is 240 g/mol. The van der Waals surface area contributed by atoms with Gasteiger partial charge in [0.2, 0.25) is 0 Å². The van der Waals surface area contributed by atoms with Gasteiger partial charge in [-0.2, -0.15) is 0 Å². The molecule has 98 valence electrons. The second kappa shape index (κ2) is 4.53. The molecule has 0 radical (unpaired) electrons. The number of benzene rings is 1. The van der Waals surface area contributed by atoms with Crippen LogP contribution in [0, 0.1) is 13.8 Å². The normalized spacial score (nSPS) is 14.4. The van der Waals surface area contributed by atoms with Crippen LogP contribution in [0.2, 0.25) is 0 Å². The van der Waals surface area contributed by atoms with Gasteiger partial charge in [-0.3, -0.25) is 4.79 Å². The molecule has 0 amide bonds. The zero-order valence-corrected chi connectivity index (χ0v) is 11.1. The van der Waals surface area contributed by atoms with Crippen molar-refractivity contribution in [2.45, 2.75) is 32.8 Å². The summed E-state index contributed by atoms with van der Waals surface area (Å²) in [5.74, 6) is 1.51. The van der Waals surface area contributed by atoms with E-state index < -0.39 is 0 Å². The predicted molar refractivity (Wildman–Crippen MR) is 73.4 cm³/mol. The summed E-state index contributed by atoms with van der Waals surface area (Å²) in [6, 6.07) is 7.77. The standard InChI is InChI=1S/C15H16N2O2/c1-9-14(16-10(2)17-15(9)18)11-3-5-12(6-4-11)19-13-7-8-13/h3-6,13H,7-8H2,1-2H3,(H,16,17,18). The Balaban J connectivity index is 1.95. The van der Waals surface area contributed by atoms with Crippen molar-refractivity contribution in [3.8, 4) is 17.0 Å². The average Bonchev–Trinajstić information content (AvgIpc) is 3.19. The highest BCUT2D eigenvalue weighted by Crippen LogP contribution is 2.28. The fourth-order valence-electron chi connectivity index (χ4n) is 2.00. The molecule has 0 spiro atoms. The zero-order chi connectivity index (χ0) is 13.4. The molecule has 1 saturated carbocycles. The van der Waals surface area contributed by atoms with Crippen LogP contribution in [-0.2, 0) is 0 Å². The Bertz CT molecular complexity index is 655. The monoisotopic (exact) mass is 256 g/mol. The number of nitrogens with one attached hydrogen (secondary N) is 1. The topological polar surface area (TPSA) is 55.0 Å². The van der Waals surface area contributed by atoms with Crippen molar-refractivity contribution in [2.75, 3.05) is 0 Å². The third-order valence-electron chi connectivity index (χ3n) is 3.22. The number of hydrogen-bond acceptors (Lipinski definition) is 3. The molecular formula is C15H16N2O2. The molecule has 1 aromatic heterocycles. The van der Waals surface area contributed by atoms with Crippen LogP contribution in [0.15, 0.2) is 29.1 Å². The van der Waals surface area contributed by atoms with Crippen LogP contribution in [0.4, 0.5) is 0 Å². The number of aryl methyl sites for hydroxylation is 1. The number of hydrogen-bond donors (Lipinski definition) is 1. The van der Waals surface area contributed by atoms with E-state index in [-0.39, 0.29) is 5.56 Å². The minimum absolute atomic E-state index is 0.0826. The lowest BCUT2D eigenvalue weighted by Crippen LogP contribution is -2.14. The van der Waals surface area contributed by atoms with E-state index in [2.05, 4.69) is 9.97 Å². The molecule has 0 aliphatic heterocycles. The minimum Gasteiger partial charge on any atom is -0.490 e. The lowest BCUT2D eigenvalue weighted by Gasteiger charge is -2.08. The fraction of sp³-hybridized carbons (Fsp3) is 0.333. The predicted octanol–water partition coefficient (Wildman–Crippen LogP) is 2.59. The molecule has 0 atom stereocenters. The van der Waals surface area contributed by atoms with Crippen molar-refractivity contribution in [3.05, 3.63) is 46.0 Å². The first kappa shape index (κ1) is 12.0. The molecule has 1 fully saturated rings. The highest BCUT2D eigenvalue weighted by Gasteiger charge is 2.23. The van der Waals surface area contributed by atoms with Gasteiger partial charge in [-0.15, -0.1) is 0 Å². The highest BCUT2D eigenvalue weighted by atomic mass is 16.5. The summed E-state index contributed by atoms with van der Waals surface area (Å²) in [5.41, 5.74) is 2.23. The number of rotatable bonds is 3. The summed E-state index contributed by atoms with van der Waals surface area (Å²) in [6.45, 7) is 3.57. The maximum atomic E-state index is 11.7. The second-order valence-corrected chi connectivity index (χ2v) is 4.97. The first-order valence-corrected chi connectivity index (χ1v) is 6.48.